The summed E-state index contributed by atoms with van der Waals surface area (Å²) < 4.78 is 7.16. The number of carboxylic acid groups (broad SMARTS) is 1. The van der Waals surface area contributed by atoms with Gasteiger partial charge in [0.2, 0.25) is 0 Å². The standard InChI is InChI=1S/C14H16N2O3/c1-10(9-19-2)16-8-7-15-13(16)11-3-5-12(6-4-11)14(17)18/h3-8,10H,9H2,1-2H3,(H,17,18). The van der Waals surface area contributed by atoms with Crippen LogP contribution in [0.2, 0.25) is 0 Å². The normalized spacial score (nSPS) is 12.3. The Bertz CT molecular complexity index is 560. The SMILES string of the molecule is COCC(C)n1ccnc1-c1ccc(C(=O)O)cc1. The van der Waals surface area contributed by atoms with E-state index in [4.69, 9.17) is 9.84 Å². The van der Waals surface area contributed by atoms with E-state index < -0.39 is 5.97 Å². The molecule has 1 aromatic carbocycles. The number of benzene rings is 1. The lowest BCUT2D eigenvalue weighted by molar-refractivity contribution is 0.0697. The van der Waals surface area contributed by atoms with Crippen LogP contribution in [-0.2, 0) is 4.74 Å². The Morgan fingerprint density at radius 3 is 2.68 bits per heavy atom. The van der Waals surface area contributed by atoms with Crippen LogP contribution in [0.15, 0.2) is 36.7 Å². The minimum atomic E-state index is -0.928. The maximum atomic E-state index is 10.8. The molecule has 0 bridgehead atoms. The summed E-state index contributed by atoms with van der Waals surface area (Å²) in [6, 6.07) is 6.86. The molecule has 1 N–H and O–H groups in total. The molecule has 0 aliphatic carbocycles. The lowest BCUT2D eigenvalue weighted by Crippen LogP contribution is -2.11. The molecule has 19 heavy (non-hydrogen) atoms. The smallest absolute Gasteiger partial charge is 0.335 e. The van der Waals surface area contributed by atoms with Crippen molar-refractivity contribution in [2.24, 2.45) is 0 Å². The first-order valence-electron chi connectivity index (χ1n) is 5.99. The summed E-state index contributed by atoms with van der Waals surface area (Å²) in [6.07, 6.45) is 3.62. The molecule has 0 amide bonds. The zero-order valence-electron chi connectivity index (χ0n) is 10.9. The highest BCUT2D eigenvalue weighted by molar-refractivity contribution is 5.88. The molecular weight excluding hydrogens is 244 g/mol. The average molecular weight is 260 g/mol. The predicted octanol–water partition coefficient (Wildman–Crippen LogP) is 2.46. The van der Waals surface area contributed by atoms with Crippen LogP contribution in [0.4, 0.5) is 0 Å². The van der Waals surface area contributed by atoms with Gasteiger partial charge in [-0.05, 0) is 19.1 Å². The van der Waals surface area contributed by atoms with E-state index in [9.17, 15) is 4.79 Å². The first kappa shape index (κ1) is 13.3. The van der Waals surface area contributed by atoms with Gasteiger partial charge in [0.25, 0.3) is 0 Å². The summed E-state index contributed by atoms with van der Waals surface area (Å²) in [5.41, 5.74) is 1.16. The molecule has 5 heteroatoms. The Labute approximate surface area is 111 Å². The molecule has 0 aliphatic heterocycles. The van der Waals surface area contributed by atoms with Gasteiger partial charge in [-0.25, -0.2) is 9.78 Å². The first-order valence-corrected chi connectivity index (χ1v) is 5.99. The highest BCUT2D eigenvalue weighted by atomic mass is 16.5. The van der Waals surface area contributed by atoms with Gasteiger partial charge in [0.05, 0.1) is 18.2 Å². The van der Waals surface area contributed by atoms with Crippen LogP contribution in [0.5, 0.6) is 0 Å². The lowest BCUT2D eigenvalue weighted by Gasteiger charge is -2.15. The topological polar surface area (TPSA) is 64.4 Å². The number of imidazole rings is 1. The van der Waals surface area contributed by atoms with Gasteiger partial charge >= 0.3 is 5.97 Å². The number of methoxy groups -OCH3 is 1. The zero-order valence-corrected chi connectivity index (χ0v) is 10.9. The van der Waals surface area contributed by atoms with Crippen LogP contribution in [-0.4, -0.2) is 34.3 Å². The quantitative estimate of drug-likeness (QED) is 0.896. The van der Waals surface area contributed by atoms with E-state index in [1.807, 2.05) is 17.7 Å². The fourth-order valence-electron chi connectivity index (χ4n) is 1.98. The Kier molecular flexibility index (Phi) is 3.97. The van der Waals surface area contributed by atoms with Crippen LogP contribution in [0.1, 0.15) is 23.3 Å². The predicted molar refractivity (Wildman–Crippen MR) is 71.2 cm³/mol. The molecule has 1 atom stereocenters. The minimum Gasteiger partial charge on any atom is -0.478 e. The highest BCUT2D eigenvalue weighted by Gasteiger charge is 2.12. The molecule has 1 heterocycles. The molecule has 1 unspecified atom stereocenters. The van der Waals surface area contributed by atoms with Crippen molar-refractivity contribution >= 4 is 5.97 Å². The van der Waals surface area contributed by atoms with Crippen molar-refractivity contribution in [2.75, 3.05) is 13.7 Å². The van der Waals surface area contributed by atoms with Crippen LogP contribution in [0.3, 0.4) is 0 Å². The van der Waals surface area contributed by atoms with E-state index >= 15 is 0 Å². The highest BCUT2D eigenvalue weighted by Crippen LogP contribution is 2.21. The Morgan fingerprint density at radius 2 is 2.11 bits per heavy atom. The summed E-state index contributed by atoms with van der Waals surface area (Å²) in [5.74, 6) is -0.121. The molecule has 2 aromatic rings. The van der Waals surface area contributed by atoms with Crippen LogP contribution in [0.25, 0.3) is 11.4 Å². The molecule has 2 rings (SSSR count). The summed E-state index contributed by atoms with van der Waals surface area (Å²) in [5, 5.41) is 8.88. The molecule has 0 saturated carbocycles. The third kappa shape index (κ3) is 2.82. The molecule has 0 spiro atoms. The Hall–Kier alpha value is -2.14. The average Bonchev–Trinajstić information content (AvgIpc) is 2.88. The first-order chi connectivity index (χ1) is 9.13. The van der Waals surface area contributed by atoms with Gasteiger partial charge in [0.15, 0.2) is 0 Å². The Balaban J connectivity index is 2.32. The van der Waals surface area contributed by atoms with Crippen molar-refractivity contribution in [1.29, 1.82) is 0 Å². The number of aromatic nitrogens is 2. The number of ether oxygens (including phenoxy) is 1. The third-order valence-corrected chi connectivity index (χ3v) is 2.94. The number of aromatic carboxylic acids is 1. The van der Waals surface area contributed by atoms with E-state index in [0.29, 0.717) is 6.61 Å². The largest absolute Gasteiger partial charge is 0.478 e. The van der Waals surface area contributed by atoms with E-state index in [0.717, 1.165) is 11.4 Å². The molecule has 0 aliphatic rings. The van der Waals surface area contributed by atoms with E-state index in [-0.39, 0.29) is 11.6 Å². The molecule has 100 valence electrons. The number of rotatable bonds is 5. The second-order valence-electron chi connectivity index (χ2n) is 4.34. The maximum Gasteiger partial charge on any atom is 0.335 e. The monoisotopic (exact) mass is 260 g/mol. The van der Waals surface area contributed by atoms with Crippen LogP contribution in [0, 0.1) is 0 Å². The van der Waals surface area contributed by atoms with Gasteiger partial charge in [-0.3, -0.25) is 0 Å². The number of carboxylic acids is 1. The fourth-order valence-corrected chi connectivity index (χ4v) is 1.98. The van der Waals surface area contributed by atoms with Crippen molar-refractivity contribution in [1.82, 2.24) is 9.55 Å². The third-order valence-electron chi connectivity index (χ3n) is 2.94. The van der Waals surface area contributed by atoms with Crippen molar-refractivity contribution in [3.8, 4) is 11.4 Å². The van der Waals surface area contributed by atoms with E-state index in [2.05, 4.69) is 4.98 Å². The van der Waals surface area contributed by atoms with Crippen LogP contribution >= 0.6 is 0 Å². The Morgan fingerprint density at radius 1 is 1.42 bits per heavy atom. The molecule has 0 radical (unpaired) electrons. The van der Waals surface area contributed by atoms with E-state index in [1.54, 1.807) is 37.6 Å². The molecular formula is C14H16N2O3. The molecule has 0 fully saturated rings. The number of carbonyl (C=O) groups is 1. The maximum absolute atomic E-state index is 10.8. The van der Waals surface area contributed by atoms with Crippen molar-refractivity contribution in [3.63, 3.8) is 0 Å². The minimum absolute atomic E-state index is 0.168. The molecule has 1 aromatic heterocycles. The van der Waals surface area contributed by atoms with Crippen molar-refractivity contribution < 1.29 is 14.6 Å². The summed E-state index contributed by atoms with van der Waals surface area (Å²) >= 11 is 0. The number of nitrogens with zero attached hydrogens (tertiary/aromatic N) is 2. The summed E-state index contributed by atoms with van der Waals surface area (Å²) in [6.45, 7) is 2.64. The molecule has 0 saturated heterocycles. The second-order valence-corrected chi connectivity index (χ2v) is 4.34. The lowest BCUT2D eigenvalue weighted by atomic mass is 10.1. The van der Waals surface area contributed by atoms with Gasteiger partial charge in [-0.1, -0.05) is 12.1 Å². The van der Waals surface area contributed by atoms with Gasteiger partial charge in [-0.2, -0.15) is 0 Å². The van der Waals surface area contributed by atoms with Crippen molar-refractivity contribution in [2.45, 2.75) is 13.0 Å². The van der Waals surface area contributed by atoms with Gasteiger partial charge in [-0.15, -0.1) is 0 Å². The fraction of sp³-hybridized carbons (Fsp3) is 0.286. The van der Waals surface area contributed by atoms with Gasteiger partial charge < -0.3 is 14.4 Å². The van der Waals surface area contributed by atoms with E-state index in [1.165, 1.54) is 0 Å². The molecule has 5 nitrogen and oxygen atoms in total. The zero-order chi connectivity index (χ0) is 13.8. The summed E-state index contributed by atoms with van der Waals surface area (Å²) in [7, 11) is 1.66. The van der Waals surface area contributed by atoms with Gasteiger partial charge in [0.1, 0.15) is 5.82 Å². The second kappa shape index (κ2) is 5.67. The number of hydrogen-bond acceptors (Lipinski definition) is 3. The summed E-state index contributed by atoms with van der Waals surface area (Å²) in [4.78, 5) is 15.1. The van der Waals surface area contributed by atoms with Crippen LogP contribution < -0.4 is 0 Å². The van der Waals surface area contributed by atoms with Gasteiger partial charge in [0, 0.05) is 25.1 Å². The number of hydrogen-bond donors (Lipinski definition) is 1. The van der Waals surface area contributed by atoms with Crippen molar-refractivity contribution in [3.05, 3.63) is 42.2 Å².